The number of fused-ring (bicyclic) bond motifs is 1. The summed E-state index contributed by atoms with van der Waals surface area (Å²) in [6.45, 7) is 0. The Morgan fingerprint density at radius 2 is 2.08 bits per heavy atom. The molecule has 0 fully saturated rings. The molecule has 13 heavy (non-hydrogen) atoms. The molecule has 1 nitrogen and oxygen atoms in total. The molecular formula is C10H8ClIO. The first-order valence-electron chi connectivity index (χ1n) is 4.19. The van der Waals surface area contributed by atoms with Gasteiger partial charge in [-0.05, 0) is 53.1 Å². The van der Waals surface area contributed by atoms with Crippen LogP contribution in [-0.4, -0.2) is 5.78 Å². The van der Waals surface area contributed by atoms with Gasteiger partial charge in [-0.3, -0.25) is 4.79 Å². The lowest BCUT2D eigenvalue weighted by Crippen LogP contribution is -2.11. The maximum Gasteiger partial charge on any atom is 0.164 e. The Bertz CT molecular complexity index is 373. The first-order chi connectivity index (χ1) is 6.18. The second-order valence-electron chi connectivity index (χ2n) is 3.20. The van der Waals surface area contributed by atoms with Crippen molar-refractivity contribution in [3.63, 3.8) is 0 Å². The molecule has 0 heterocycles. The van der Waals surface area contributed by atoms with Crippen LogP contribution >= 0.6 is 34.2 Å². The first-order valence-corrected chi connectivity index (χ1v) is 5.65. The fraction of sp³-hybridized carbons (Fsp3) is 0.300. The van der Waals surface area contributed by atoms with Crippen LogP contribution in [-0.2, 0) is 6.42 Å². The molecule has 0 unspecified atom stereocenters. The number of benzene rings is 1. The third-order valence-corrected chi connectivity index (χ3v) is 3.19. The fourth-order valence-corrected chi connectivity index (χ4v) is 2.92. The molecule has 0 aliphatic heterocycles. The largest absolute Gasteiger partial charge is 0.294 e. The second-order valence-corrected chi connectivity index (χ2v) is 4.85. The molecule has 0 saturated carbocycles. The van der Waals surface area contributed by atoms with Crippen LogP contribution < -0.4 is 0 Å². The van der Waals surface area contributed by atoms with Gasteiger partial charge in [0.05, 0.1) is 5.02 Å². The fourth-order valence-electron chi connectivity index (χ4n) is 1.70. The zero-order chi connectivity index (χ0) is 9.42. The smallest absolute Gasteiger partial charge is 0.164 e. The highest BCUT2D eigenvalue weighted by atomic mass is 127. The summed E-state index contributed by atoms with van der Waals surface area (Å²) in [5.74, 6) is 0.197. The lowest BCUT2D eigenvalue weighted by Gasteiger charge is -2.15. The van der Waals surface area contributed by atoms with Gasteiger partial charge in [0.15, 0.2) is 5.78 Å². The van der Waals surface area contributed by atoms with Crippen molar-refractivity contribution in [3.05, 3.63) is 31.9 Å². The van der Waals surface area contributed by atoms with Gasteiger partial charge in [-0.1, -0.05) is 11.6 Å². The van der Waals surface area contributed by atoms with Crippen molar-refractivity contribution in [2.45, 2.75) is 19.3 Å². The minimum Gasteiger partial charge on any atom is -0.294 e. The van der Waals surface area contributed by atoms with E-state index in [1.807, 2.05) is 6.07 Å². The Morgan fingerprint density at radius 1 is 1.31 bits per heavy atom. The molecule has 0 saturated heterocycles. The van der Waals surface area contributed by atoms with Crippen LogP contribution in [0.15, 0.2) is 12.1 Å². The van der Waals surface area contributed by atoms with E-state index >= 15 is 0 Å². The Labute approximate surface area is 95.6 Å². The van der Waals surface area contributed by atoms with E-state index in [1.165, 1.54) is 0 Å². The molecule has 0 N–H and O–H groups in total. The van der Waals surface area contributed by atoms with Gasteiger partial charge in [0.25, 0.3) is 0 Å². The maximum atomic E-state index is 11.5. The van der Waals surface area contributed by atoms with E-state index in [4.69, 9.17) is 11.6 Å². The standard InChI is InChI=1S/C10H8ClIO/c11-8-5-7(12)4-6-2-1-3-9(13)10(6)8/h4-5H,1-3H2. The topological polar surface area (TPSA) is 17.1 Å². The van der Waals surface area contributed by atoms with Crippen LogP contribution in [0.1, 0.15) is 28.8 Å². The highest BCUT2D eigenvalue weighted by molar-refractivity contribution is 14.1. The third kappa shape index (κ3) is 1.74. The minimum atomic E-state index is 0.197. The van der Waals surface area contributed by atoms with Gasteiger partial charge in [0.1, 0.15) is 0 Å². The molecule has 1 aromatic carbocycles. The number of aryl methyl sites for hydroxylation is 1. The Morgan fingerprint density at radius 3 is 2.85 bits per heavy atom. The molecule has 1 aromatic rings. The van der Waals surface area contributed by atoms with Gasteiger partial charge in [-0.2, -0.15) is 0 Å². The monoisotopic (exact) mass is 306 g/mol. The summed E-state index contributed by atoms with van der Waals surface area (Å²) in [5.41, 5.74) is 1.88. The van der Waals surface area contributed by atoms with E-state index in [2.05, 4.69) is 28.7 Å². The van der Waals surface area contributed by atoms with Crippen LogP contribution in [0.4, 0.5) is 0 Å². The normalized spacial score (nSPS) is 15.7. The van der Waals surface area contributed by atoms with Crippen molar-refractivity contribution >= 4 is 40.0 Å². The first kappa shape index (κ1) is 9.46. The summed E-state index contributed by atoms with van der Waals surface area (Å²) in [7, 11) is 0. The summed E-state index contributed by atoms with van der Waals surface area (Å²) in [4.78, 5) is 11.5. The molecule has 1 aliphatic carbocycles. The van der Waals surface area contributed by atoms with E-state index in [1.54, 1.807) is 0 Å². The highest BCUT2D eigenvalue weighted by Gasteiger charge is 2.20. The van der Waals surface area contributed by atoms with E-state index < -0.39 is 0 Å². The van der Waals surface area contributed by atoms with E-state index in [0.29, 0.717) is 11.4 Å². The quantitative estimate of drug-likeness (QED) is 0.671. The average Bonchev–Trinajstić information content (AvgIpc) is 2.02. The molecule has 2 rings (SSSR count). The van der Waals surface area contributed by atoms with Crippen molar-refractivity contribution < 1.29 is 4.79 Å². The number of ketones is 1. The summed E-state index contributed by atoms with van der Waals surface area (Å²) in [6.07, 6.45) is 2.59. The lowest BCUT2D eigenvalue weighted by molar-refractivity contribution is 0.0972. The molecular weight excluding hydrogens is 298 g/mol. The molecule has 0 aromatic heterocycles. The Balaban J connectivity index is 2.63. The number of carbonyl (C=O) groups is 1. The van der Waals surface area contributed by atoms with Crippen molar-refractivity contribution in [2.75, 3.05) is 0 Å². The number of hydrogen-bond acceptors (Lipinski definition) is 1. The van der Waals surface area contributed by atoms with Crippen LogP contribution in [0.2, 0.25) is 5.02 Å². The third-order valence-electron chi connectivity index (χ3n) is 2.27. The SMILES string of the molecule is O=C1CCCc2cc(I)cc(Cl)c21. The number of halogens is 2. The van der Waals surface area contributed by atoms with Gasteiger partial charge >= 0.3 is 0 Å². The summed E-state index contributed by atoms with van der Waals surface area (Å²) in [6, 6.07) is 3.91. The lowest BCUT2D eigenvalue weighted by atomic mass is 9.91. The molecule has 68 valence electrons. The van der Waals surface area contributed by atoms with Gasteiger partial charge in [-0.15, -0.1) is 0 Å². The van der Waals surface area contributed by atoms with Gasteiger partial charge < -0.3 is 0 Å². The molecule has 0 atom stereocenters. The van der Waals surface area contributed by atoms with Crippen LogP contribution in [0.5, 0.6) is 0 Å². The van der Waals surface area contributed by atoms with Crippen LogP contribution in [0.25, 0.3) is 0 Å². The van der Waals surface area contributed by atoms with Crippen LogP contribution in [0, 0.1) is 3.57 Å². The molecule has 0 bridgehead atoms. The highest BCUT2D eigenvalue weighted by Crippen LogP contribution is 2.29. The summed E-state index contributed by atoms with van der Waals surface area (Å²) >= 11 is 8.24. The van der Waals surface area contributed by atoms with Gasteiger partial charge in [-0.25, -0.2) is 0 Å². The molecule has 0 spiro atoms. The molecule has 3 heteroatoms. The summed E-state index contributed by atoms with van der Waals surface area (Å²) < 4.78 is 1.11. The van der Waals surface area contributed by atoms with E-state index in [9.17, 15) is 4.79 Å². The van der Waals surface area contributed by atoms with E-state index in [-0.39, 0.29) is 5.78 Å². The Hall–Kier alpha value is -0.0900. The number of Topliss-reactive ketones (excluding diaryl/α,β-unsaturated/α-hetero) is 1. The predicted molar refractivity (Wildman–Crippen MR) is 61.4 cm³/mol. The average molecular weight is 307 g/mol. The van der Waals surface area contributed by atoms with Gasteiger partial charge in [0.2, 0.25) is 0 Å². The van der Waals surface area contributed by atoms with E-state index in [0.717, 1.165) is 27.5 Å². The van der Waals surface area contributed by atoms with Crippen molar-refractivity contribution in [1.29, 1.82) is 0 Å². The van der Waals surface area contributed by atoms with Crippen LogP contribution in [0.3, 0.4) is 0 Å². The Kier molecular flexibility index (Phi) is 2.60. The second kappa shape index (κ2) is 3.58. The van der Waals surface area contributed by atoms with Gasteiger partial charge in [0, 0.05) is 15.6 Å². The number of rotatable bonds is 0. The van der Waals surface area contributed by atoms with Crippen molar-refractivity contribution in [3.8, 4) is 0 Å². The molecule has 0 radical (unpaired) electrons. The summed E-state index contributed by atoms with van der Waals surface area (Å²) in [5, 5.41) is 0.617. The number of carbonyl (C=O) groups excluding carboxylic acids is 1. The zero-order valence-corrected chi connectivity index (χ0v) is 9.85. The predicted octanol–water partition coefficient (Wildman–Crippen LogP) is 3.46. The maximum absolute atomic E-state index is 11.5. The van der Waals surface area contributed by atoms with Crippen molar-refractivity contribution in [2.24, 2.45) is 0 Å². The minimum absolute atomic E-state index is 0.197. The molecule has 1 aliphatic rings. The molecule has 0 amide bonds. The zero-order valence-electron chi connectivity index (χ0n) is 6.94. The number of hydrogen-bond donors (Lipinski definition) is 0. The van der Waals surface area contributed by atoms with Crippen molar-refractivity contribution in [1.82, 2.24) is 0 Å².